The standard InChI is InChI=1S/C36H51N3O6/c1-31(2)13-15-36(30(44)45-39-27(41)9-10-28(42)43)16-14-34(5)22(23(36)19-31)7-8-26-32(3)20-24-29(38-18-17-37-24)33(4,21-40)25(32)11-12-35(26,34)6/h7,17-18,23,25-26,40H,8-16,19-21H2,1-6H3,(H,39,41)(H,42,43)/t23-,25+,26+,32-,33-,34+,35+,36-/m0/s1. The molecule has 0 aliphatic heterocycles. The fourth-order valence-electron chi connectivity index (χ4n) is 11.4. The van der Waals surface area contributed by atoms with Gasteiger partial charge < -0.3 is 15.1 Å². The zero-order valence-corrected chi connectivity index (χ0v) is 27.9. The lowest BCUT2D eigenvalue weighted by molar-refractivity contribution is -0.189. The Labute approximate surface area is 267 Å². The van der Waals surface area contributed by atoms with Gasteiger partial charge in [0.05, 0.1) is 29.8 Å². The number of aliphatic carboxylic acids is 1. The van der Waals surface area contributed by atoms with Gasteiger partial charge in [-0.25, -0.2) is 4.79 Å². The fourth-order valence-corrected chi connectivity index (χ4v) is 11.4. The number of carbonyl (C=O) groups excluding carboxylic acids is 2. The molecule has 246 valence electrons. The highest BCUT2D eigenvalue weighted by Crippen LogP contribution is 2.75. The van der Waals surface area contributed by atoms with Crippen LogP contribution in [0.4, 0.5) is 0 Å². The minimum absolute atomic E-state index is 0.00684. The van der Waals surface area contributed by atoms with Crippen molar-refractivity contribution in [1.82, 2.24) is 15.4 Å². The maximum atomic E-state index is 14.0. The van der Waals surface area contributed by atoms with Crippen LogP contribution in [0, 0.1) is 44.8 Å². The van der Waals surface area contributed by atoms with E-state index in [1.807, 2.05) is 0 Å². The first kappa shape index (κ1) is 32.1. The van der Waals surface area contributed by atoms with Gasteiger partial charge in [-0.2, -0.15) is 5.48 Å². The number of carbonyl (C=O) groups is 3. The van der Waals surface area contributed by atoms with E-state index in [0.29, 0.717) is 18.8 Å². The molecule has 5 aliphatic carbocycles. The Hall–Kier alpha value is -2.81. The molecule has 6 rings (SSSR count). The Morgan fingerprint density at radius 1 is 0.956 bits per heavy atom. The number of fused-ring (bicyclic) bond motifs is 8. The van der Waals surface area contributed by atoms with E-state index in [0.717, 1.165) is 56.3 Å². The number of rotatable bonds is 5. The molecule has 1 amide bonds. The van der Waals surface area contributed by atoms with E-state index in [1.165, 1.54) is 5.57 Å². The zero-order chi connectivity index (χ0) is 32.6. The monoisotopic (exact) mass is 621 g/mol. The summed E-state index contributed by atoms with van der Waals surface area (Å²) in [5.74, 6) is -1.39. The predicted molar refractivity (Wildman–Crippen MR) is 167 cm³/mol. The second-order valence-electron chi connectivity index (χ2n) is 16.8. The fraction of sp³-hybridized carbons (Fsp3) is 0.750. The van der Waals surface area contributed by atoms with Gasteiger partial charge in [0, 0.05) is 24.2 Å². The van der Waals surface area contributed by atoms with Gasteiger partial charge in [-0.05, 0) is 97.2 Å². The second-order valence-corrected chi connectivity index (χ2v) is 16.8. The smallest absolute Gasteiger partial charge is 0.338 e. The van der Waals surface area contributed by atoms with Crippen LogP contribution in [0.15, 0.2) is 24.0 Å². The molecular weight excluding hydrogens is 570 g/mol. The number of aliphatic hydroxyl groups excluding tert-OH is 1. The molecule has 0 radical (unpaired) electrons. The number of hydrogen-bond acceptors (Lipinski definition) is 7. The summed E-state index contributed by atoms with van der Waals surface area (Å²) in [5, 5.41) is 19.8. The molecule has 0 spiro atoms. The first-order valence-corrected chi connectivity index (χ1v) is 16.9. The van der Waals surface area contributed by atoms with Crippen molar-refractivity contribution in [2.24, 2.45) is 44.8 Å². The third-order valence-corrected chi connectivity index (χ3v) is 14.1. The molecule has 0 unspecified atom stereocenters. The van der Waals surface area contributed by atoms with Gasteiger partial charge in [0.1, 0.15) is 0 Å². The second kappa shape index (κ2) is 10.6. The minimum Gasteiger partial charge on any atom is -0.481 e. The molecule has 3 saturated carbocycles. The van der Waals surface area contributed by atoms with Crippen molar-refractivity contribution >= 4 is 17.8 Å². The first-order valence-electron chi connectivity index (χ1n) is 16.9. The SMILES string of the molecule is CC1(C)CC[C@]2(C(=O)ONC(=O)CCC(=O)O)CC[C@]3(C)C(=CC[C@@H]4[C@@]5(C)Cc6nccnc6[C@@](C)(CO)[C@@H]5CC[C@]43C)[C@@H]2C1. The number of hydrogen-bond donors (Lipinski definition) is 3. The molecule has 3 N–H and O–H groups in total. The number of amides is 1. The summed E-state index contributed by atoms with van der Waals surface area (Å²) in [6.07, 6.45) is 13.3. The zero-order valence-electron chi connectivity index (χ0n) is 27.9. The lowest BCUT2D eigenvalue weighted by atomic mass is 9.33. The molecule has 5 aliphatic rings. The number of aliphatic hydroxyl groups is 1. The first-order chi connectivity index (χ1) is 21.1. The van der Waals surface area contributed by atoms with E-state index in [2.05, 4.69) is 53.1 Å². The molecule has 8 atom stereocenters. The normalized spacial score (nSPS) is 41.1. The van der Waals surface area contributed by atoms with Gasteiger partial charge in [-0.1, -0.05) is 53.2 Å². The number of aromatic nitrogens is 2. The van der Waals surface area contributed by atoms with Crippen LogP contribution in [0.2, 0.25) is 0 Å². The molecule has 1 aromatic rings. The van der Waals surface area contributed by atoms with Crippen LogP contribution < -0.4 is 5.48 Å². The summed E-state index contributed by atoms with van der Waals surface area (Å²) in [5.41, 5.74) is 4.32. The van der Waals surface area contributed by atoms with Crippen molar-refractivity contribution in [3.63, 3.8) is 0 Å². The van der Waals surface area contributed by atoms with Crippen molar-refractivity contribution in [3.8, 4) is 0 Å². The van der Waals surface area contributed by atoms with E-state index in [1.54, 1.807) is 12.4 Å². The van der Waals surface area contributed by atoms with Crippen LogP contribution in [0.25, 0.3) is 0 Å². The van der Waals surface area contributed by atoms with Crippen LogP contribution in [0.1, 0.15) is 117 Å². The van der Waals surface area contributed by atoms with Gasteiger partial charge in [0.15, 0.2) is 0 Å². The molecule has 9 heteroatoms. The molecule has 1 heterocycles. The van der Waals surface area contributed by atoms with E-state index >= 15 is 0 Å². The predicted octanol–water partition coefficient (Wildman–Crippen LogP) is 5.70. The van der Waals surface area contributed by atoms with Crippen LogP contribution in [-0.2, 0) is 31.1 Å². The van der Waals surface area contributed by atoms with Gasteiger partial charge in [0.2, 0.25) is 0 Å². The van der Waals surface area contributed by atoms with Crippen LogP contribution >= 0.6 is 0 Å². The molecule has 0 aromatic carbocycles. The van der Waals surface area contributed by atoms with Crippen molar-refractivity contribution in [2.75, 3.05) is 6.61 Å². The largest absolute Gasteiger partial charge is 0.481 e. The third kappa shape index (κ3) is 4.61. The average molecular weight is 622 g/mol. The molecule has 9 nitrogen and oxygen atoms in total. The van der Waals surface area contributed by atoms with Gasteiger partial charge >= 0.3 is 11.9 Å². The lowest BCUT2D eigenvalue weighted by Crippen LogP contribution is -2.65. The molecular formula is C36H51N3O6. The minimum atomic E-state index is -1.07. The van der Waals surface area contributed by atoms with Crippen LogP contribution in [-0.4, -0.2) is 44.6 Å². The van der Waals surface area contributed by atoms with Crippen LogP contribution in [0.3, 0.4) is 0 Å². The third-order valence-electron chi connectivity index (χ3n) is 14.1. The summed E-state index contributed by atoms with van der Waals surface area (Å²) in [4.78, 5) is 52.3. The number of carboxylic acids is 1. The lowest BCUT2D eigenvalue weighted by Gasteiger charge is -2.70. The molecule has 3 fully saturated rings. The number of hydroxylamine groups is 1. The van der Waals surface area contributed by atoms with E-state index < -0.39 is 28.7 Å². The maximum Gasteiger partial charge on any atom is 0.338 e. The number of nitrogens with zero attached hydrogens (tertiary/aromatic N) is 2. The molecule has 45 heavy (non-hydrogen) atoms. The molecule has 0 saturated heterocycles. The Morgan fingerprint density at radius 2 is 1.67 bits per heavy atom. The Balaban J connectivity index is 1.36. The highest BCUT2D eigenvalue weighted by molar-refractivity contribution is 5.83. The Bertz CT molecular complexity index is 1440. The quantitative estimate of drug-likeness (QED) is 0.281. The topological polar surface area (TPSA) is 139 Å². The molecule has 0 bridgehead atoms. The summed E-state index contributed by atoms with van der Waals surface area (Å²) < 4.78 is 0. The summed E-state index contributed by atoms with van der Waals surface area (Å²) in [6, 6.07) is 0. The summed E-state index contributed by atoms with van der Waals surface area (Å²) in [6.45, 7) is 14.2. The highest BCUT2D eigenvalue weighted by Gasteiger charge is 2.70. The summed E-state index contributed by atoms with van der Waals surface area (Å²) in [7, 11) is 0. The Morgan fingerprint density at radius 3 is 2.38 bits per heavy atom. The van der Waals surface area contributed by atoms with Gasteiger partial charge in [0.25, 0.3) is 5.91 Å². The van der Waals surface area contributed by atoms with E-state index in [-0.39, 0.29) is 52.9 Å². The Kier molecular flexibility index (Phi) is 7.58. The number of nitrogens with one attached hydrogen (secondary N) is 1. The highest BCUT2D eigenvalue weighted by atomic mass is 16.7. The average Bonchev–Trinajstić information content (AvgIpc) is 2.98. The van der Waals surface area contributed by atoms with Crippen molar-refractivity contribution < 1.29 is 29.4 Å². The van der Waals surface area contributed by atoms with E-state index in [4.69, 9.17) is 19.9 Å². The van der Waals surface area contributed by atoms with Gasteiger partial charge in [-0.3, -0.25) is 19.6 Å². The van der Waals surface area contributed by atoms with Gasteiger partial charge in [-0.15, -0.1) is 0 Å². The van der Waals surface area contributed by atoms with E-state index in [9.17, 15) is 19.5 Å². The van der Waals surface area contributed by atoms with Crippen molar-refractivity contribution in [2.45, 2.75) is 118 Å². The number of carboxylic acid groups (broad SMARTS) is 1. The number of allylic oxidation sites excluding steroid dienone is 2. The van der Waals surface area contributed by atoms with Crippen molar-refractivity contribution in [3.05, 3.63) is 35.4 Å². The molecule has 1 aromatic heterocycles. The summed E-state index contributed by atoms with van der Waals surface area (Å²) >= 11 is 0. The van der Waals surface area contributed by atoms with Crippen LogP contribution in [0.5, 0.6) is 0 Å². The maximum absolute atomic E-state index is 14.0. The van der Waals surface area contributed by atoms with Crippen molar-refractivity contribution in [1.29, 1.82) is 0 Å².